The largest absolute Gasteiger partial charge is 0.302 e. The Morgan fingerprint density at radius 2 is 2.19 bits per heavy atom. The van der Waals surface area contributed by atoms with Gasteiger partial charge in [-0.15, -0.1) is 22.7 Å². The summed E-state index contributed by atoms with van der Waals surface area (Å²) in [6.45, 7) is 2.26. The van der Waals surface area contributed by atoms with Gasteiger partial charge >= 0.3 is 0 Å². The number of anilines is 1. The molecule has 1 atom stereocenters. The number of carbonyl (C=O) groups excluding carboxylic acids is 1. The minimum absolute atomic E-state index is 0.0832. The number of nitrogens with zero attached hydrogens (tertiary/aromatic N) is 2. The van der Waals surface area contributed by atoms with Crippen molar-refractivity contribution >= 4 is 45.3 Å². The van der Waals surface area contributed by atoms with E-state index < -0.39 is 0 Å². The van der Waals surface area contributed by atoms with E-state index in [4.69, 9.17) is 11.6 Å². The zero-order valence-electron chi connectivity index (χ0n) is 14.3. The van der Waals surface area contributed by atoms with Crippen LogP contribution in [0.5, 0.6) is 0 Å². The van der Waals surface area contributed by atoms with Crippen LogP contribution in [0.2, 0.25) is 5.02 Å². The normalized spacial score (nSPS) is 16.3. The molecule has 2 aromatic heterocycles. The predicted octanol–water partition coefficient (Wildman–Crippen LogP) is 5.23. The first kappa shape index (κ1) is 17.6. The van der Waals surface area contributed by atoms with Crippen molar-refractivity contribution in [3.8, 4) is 10.6 Å². The quantitative estimate of drug-likeness (QED) is 0.649. The molecule has 0 bridgehead atoms. The van der Waals surface area contributed by atoms with Crippen LogP contribution in [0.3, 0.4) is 0 Å². The van der Waals surface area contributed by atoms with Gasteiger partial charge in [-0.3, -0.25) is 4.79 Å². The summed E-state index contributed by atoms with van der Waals surface area (Å²) >= 11 is 9.32. The Balaban J connectivity index is 1.42. The Bertz CT molecular complexity index is 950. The predicted molar refractivity (Wildman–Crippen MR) is 108 cm³/mol. The number of benzene rings is 1. The van der Waals surface area contributed by atoms with Gasteiger partial charge < -0.3 is 5.32 Å². The van der Waals surface area contributed by atoms with Crippen LogP contribution in [-0.4, -0.2) is 15.9 Å². The number of rotatable bonds is 4. The van der Waals surface area contributed by atoms with Crippen molar-refractivity contribution in [1.82, 2.24) is 9.97 Å². The number of amides is 1. The van der Waals surface area contributed by atoms with E-state index in [1.807, 2.05) is 29.6 Å². The molecular formula is C19H18ClN3OS2. The maximum atomic E-state index is 12.4. The minimum atomic E-state index is -0.0832. The van der Waals surface area contributed by atoms with Crippen LogP contribution >= 0.6 is 34.3 Å². The van der Waals surface area contributed by atoms with Gasteiger partial charge in [0.05, 0.1) is 22.8 Å². The average Bonchev–Trinajstić information content (AvgIpc) is 3.21. The summed E-state index contributed by atoms with van der Waals surface area (Å²) in [7, 11) is 0. The maximum Gasteiger partial charge on any atom is 0.232 e. The highest BCUT2D eigenvalue weighted by Crippen LogP contribution is 2.32. The van der Waals surface area contributed by atoms with Crippen molar-refractivity contribution in [3.63, 3.8) is 0 Å². The second kappa shape index (κ2) is 7.47. The number of carbonyl (C=O) groups is 1. The number of hydrogen-bond donors (Lipinski definition) is 1. The fourth-order valence-corrected chi connectivity index (χ4v) is 5.40. The number of halogens is 1. The van der Waals surface area contributed by atoms with Gasteiger partial charge in [-0.2, -0.15) is 0 Å². The lowest BCUT2D eigenvalue weighted by molar-refractivity contribution is -0.115. The molecule has 2 heterocycles. The molecule has 0 fully saturated rings. The fraction of sp³-hybridized carbons (Fsp3) is 0.316. The van der Waals surface area contributed by atoms with Crippen molar-refractivity contribution in [2.24, 2.45) is 5.92 Å². The molecule has 1 N–H and O–H groups in total. The molecule has 0 radical (unpaired) electrons. The minimum Gasteiger partial charge on any atom is -0.302 e. The monoisotopic (exact) mass is 403 g/mol. The van der Waals surface area contributed by atoms with E-state index in [9.17, 15) is 4.79 Å². The lowest BCUT2D eigenvalue weighted by atomic mass is 9.93. The van der Waals surface area contributed by atoms with Crippen LogP contribution in [-0.2, 0) is 24.1 Å². The number of fused-ring (bicyclic) bond motifs is 1. The summed E-state index contributed by atoms with van der Waals surface area (Å²) < 4.78 is 0. The van der Waals surface area contributed by atoms with Crippen LogP contribution in [0.4, 0.5) is 5.13 Å². The third-order valence-electron chi connectivity index (χ3n) is 4.43. The van der Waals surface area contributed by atoms with Crippen molar-refractivity contribution < 1.29 is 4.79 Å². The first-order valence-corrected chi connectivity index (χ1v) is 10.6. The van der Waals surface area contributed by atoms with Crippen LogP contribution in [0.15, 0.2) is 29.6 Å². The average molecular weight is 404 g/mol. The third kappa shape index (κ3) is 3.82. The van der Waals surface area contributed by atoms with Gasteiger partial charge in [0.1, 0.15) is 5.01 Å². The standard InChI is InChI=1S/C19H18ClN3OS2/c1-11-6-7-15-16(8-11)26-19(22-15)23-17(24)9-12-10-25-18(21-12)13-4-2-3-5-14(13)20/h2-5,10-11H,6-9H2,1H3,(H,22,23,24). The fourth-order valence-electron chi connectivity index (χ4n) is 3.07. The first-order chi connectivity index (χ1) is 12.6. The molecule has 4 nitrogen and oxygen atoms in total. The van der Waals surface area contributed by atoms with Gasteiger partial charge in [-0.25, -0.2) is 9.97 Å². The molecule has 0 saturated carbocycles. The number of hydrogen-bond acceptors (Lipinski definition) is 5. The van der Waals surface area contributed by atoms with Gasteiger partial charge in [-0.05, 0) is 31.2 Å². The van der Waals surface area contributed by atoms with Gasteiger partial charge in [0.2, 0.25) is 5.91 Å². The van der Waals surface area contributed by atoms with Crippen LogP contribution in [0.25, 0.3) is 10.6 Å². The molecule has 1 unspecified atom stereocenters. The molecule has 0 saturated heterocycles. The van der Waals surface area contributed by atoms with E-state index in [2.05, 4.69) is 22.2 Å². The van der Waals surface area contributed by atoms with Gasteiger partial charge in [-0.1, -0.05) is 36.7 Å². The lowest BCUT2D eigenvalue weighted by Crippen LogP contribution is -2.14. The summed E-state index contributed by atoms with van der Waals surface area (Å²) in [5, 5.41) is 7.04. The van der Waals surface area contributed by atoms with E-state index in [-0.39, 0.29) is 12.3 Å². The number of aryl methyl sites for hydroxylation is 1. The molecule has 1 aliphatic rings. The molecule has 1 amide bonds. The Morgan fingerprint density at radius 1 is 1.35 bits per heavy atom. The Hall–Kier alpha value is -1.76. The molecule has 4 rings (SSSR count). The van der Waals surface area contributed by atoms with E-state index >= 15 is 0 Å². The smallest absolute Gasteiger partial charge is 0.232 e. The van der Waals surface area contributed by atoms with E-state index in [0.29, 0.717) is 16.1 Å². The number of nitrogens with one attached hydrogen (secondary N) is 1. The molecule has 1 aliphatic carbocycles. The Morgan fingerprint density at radius 3 is 3.04 bits per heavy atom. The van der Waals surface area contributed by atoms with Gasteiger partial charge in [0.25, 0.3) is 0 Å². The molecule has 1 aromatic carbocycles. The topological polar surface area (TPSA) is 54.9 Å². The second-order valence-electron chi connectivity index (χ2n) is 6.59. The van der Waals surface area contributed by atoms with Crippen molar-refractivity contribution in [2.45, 2.75) is 32.6 Å². The highest BCUT2D eigenvalue weighted by Gasteiger charge is 2.20. The van der Waals surface area contributed by atoms with Crippen LogP contribution in [0.1, 0.15) is 29.6 Å². The van der Waals surface area contributed by atoms with E-state index in [0.717, 1.165) is 34.8 Å². The number of aromatic nitrogens is 2. The first-order valence-electron chi connectivity index (χ1n) is 8.56. The zero-order chi connectivity index (χ0) is 18.1. The van der Waals surface area contributed by atoms with E-state index in [1.165, 1.54) is 22.6 Å². The molecule has 134 valence electrons. The van der Waals surface area contributed by atoms with Gasteiger partial charge in [0.15, 0.2) is 5.13 Å². The molecule has 26 heavy (non-hydrogen) atoms. The summed E-state index contributed by atoms with van der Waals surface area (Å²) in [4.78, 5) is 22.8. The zero-order valence-corrected chi connectivity index (χ0v) is 16.7. The SMILES string of the molecule is CC1CCc2nc(NC(=O)Cc3csc(-c4ccccc4Cl)n3)sc2C1. The van der Waals surface area contributed by atoms with Gasteiger partial charge in [0, 0.05) is 15.8 Å². The second-order valence-corrected chi connectivity index (χ2v) is 8.93. The molecular weight excluding hydrogens is 386 g/mol. The van der Waals surface area contributed by atoms with Crippen LogP contribution in [0, 0.1) is 5.92 Å². The molecule has 3 aromatic rings. The van der Waals surface area contributed by atoms with Crippen molar-refractivity contribution in [2.75, 3.05) is 5.32 Å². The summed E-state index contributed by atoms with van der Waals surface area (Å²) in [6.07, 6.45) is 3.49. The maximum absolute atomic E-state index is 12.4. The highest BCUT2D eigenvalue weighted by molar-refractivity contribution is 7.16. The van der Waals surface area contributed by atoms with Crippen molar-refractivity contribution in [3.05, 3.63) is 50.9 Å². The third-order valence-corrected chi connectivity index (χ3v) is 6.72. The van der Waals surface area contributed by atoms with Crippen LogP contribution < -0.4 is 5.32 Å². The lowest BCUT2D eigenvalue weighted by Gasteiger charge is -2.15. The molecule has 7 heteroatoms. The molecule has 0 spiro atoms. The summed E-state index contributed by atoms with van der Waals surface area (Å²) in [6, 6.07) is 7.60. The summed E-state index contributed by atoms with van der Waals surface area (Å²) in [5.74, 6) is 0.616. The Labute approximate surface area is 165 Å². The Kier molecular flexibility index (Phi) is 5.07. The van der Waals surface area contributed by atoms with E-state index in [1.54, 1.807) is 11.3 Å². The highest BCUT2D eigenvalue weighted by atomic mass is 35.5. The molecule has 0 aliphatic heterocycles. The van der Waals surface area contributed by atoms with Crippen molar-refractivity contribution in [1.29, 1.82) is 0 Å². The number of thiazole rings is 2. The summed E-state index contributed by atoms with van der Waals surface area (Å²) in [5.41, 5.74) is 2.79.